The SMILES string of the molecule is CC(C)CNC(=O)Nc1ccc(C(=O)O)cc1Cl. The quantitative estimate of drug-likeness (QED) is 0.787. The van der Waals surface area contributed by atoms with Crippen LogP contribution in [0.3, 0.4) is 0 Å². The normalized spacial score (nSPS) is 10.2. The fraction of sp³-hybridized carbons (Fsp3) is 0.333. The second kappa shape index (κ2) is 6.26. The zero-order valence-electron chi connectivity index (χ0n) is 10.2. The van der Waals surface area contributed by atoms with Crippen molar-refractivity contribution in [2.45, 2.75) is 13.8 Å². The Morgan fingerprint density at radius 3 is 2.56 bits per heavy atom. The number of halogens is 1. The Kier molecular flexibility index (Phi) is 4.97. The molecular formula is C12H15ClN2O3. The maximum atomic E-state index is 11.5. The second-order valence-corrected chi connectivity index (χ2v) is 4.64. The molecule has 6 heteroatoms. The number of anilines is 1. The van der Waals surface area contributed by atoms with Crippen LogP contribution in [0.15, 0.2) is 18.2 Å². The molecule has 0 spiro atoms. The molecule has 0 bridgehead atoms. The standard InChI is InChI=1S/C12H15ClN2O3/c1-7(2)6-14-12(18)15-10-4-3-8(11(16)17)5-9(10)13/h3-5,7H,6H2,1-2H3,(H,16,17)(H2,14,15,18). The van der Waals surface area contributed by atoms with Crippen LogP contribution < -0.4 is 10.6 Å². The van der Waals surface area contributed by atoms with Gasteiger partial charge in [0.1, 0.15) is 0 Å². The van der Waals surface area contributed by atoms with E-state index in [0.717, 1.165) is 0 Å². The maximum absolute atomic E-state index is 11.5. The van der Waals surface area contributed by atoms with E-state index < -0.39 is 5.97 Å². The highest BCUT2D eigenvalue weighted by atomic mass is 35.5. The largest absolute Gasteiger partial charge is 0.478 e. The Balaban J connectivity index is 2.68. The summed E-state index contributed by atoms with van der Waals surface area (Å²) in [4.78, 5) is 22.2. The van der Waals surface area contributed by atoms with Crippen LogP contribution in [0.4, 0.5) is 10.5 Å². The van der Waals surface area contributed by atoms with Crippen LogP contribution in [0.25, 0.3) is 0 Å². The van der Waals surface area contributed by atoms with Gasteiger partial charge in [0.2, 0.25) is 0 Å². The molecule has 0 saturated heterocycles. The monoisotopic (exact) mass is 270 g/mol. The predicted molar refractivity (Wildman–Crippen MR) is 70.3 cm³/mol. The lowest BCUT2D eigenvalue weighted by Crippen LogP contribution is -2.31. The third-order valence-corrected chi connectivity index (χ3v) is 2.45. The van der Waals surface area contributed by atoms with E-state index in [1.165, 1.54) is 18.2 Å². The van der Waals surface area contributed by atoms with Crippen molar-refractivity contribution in [3.05, 3.63) is 28.8 Å². The molecule has 0 aliphatic carbocycles. The molecule has 5 nitrogen and oxygen atoms in total. The van der Waals surface area contributed by atoms with Crippen LogP contribution in [-0.4, -0.2) is 23.7 Å². The fourth-order valence-electron chi connectivity index (χ4n) is 1.21. The Bertz CT molecular complexity index is 461. The average molecular weight is 271 g/mol. The molecule has 0 atom stereocenters. The first kappa shape index (κ1) is 14.3. The molecule has 0 aliphatic rings. The van der Waals surface area contributed by atoms with Crippen molar-refractivity contribution in [2.24, 2.45) is 5.92 Å². The van der Waals surface area contributed by atoms with E-state index in [4.69, 9.17) is 16.7 Å². The number of carboxylic acid groups (broad SMARTS) is 1. The summed E-state index contributed by atoms with van der Waals surface area (Å²) >= 11 is 5.87. The minimum Gasteiger partial charge on any atom is -0.478 e. The molecule has 1 aromatic carbocycles. The van der Waals surface area contributed by atoms with Gasteiger partial charge in [-0.3, -0.25) is 0 Å². The molecule has 0 radical (unpaired) electrons. The second-order valence-electron chi connectivity index (χ2n) is 4.23. The highest BCUT2D eigenvalue weighted by Gasteiger charge is 2.09. The van der Waals surface area contributed by atoms with Crippen molar-refractivity contribution in [1.82, 2.24) is 5.32 Å². The van der Waals surface area contributed by atoms with E-state index in [2.05, 4.69) is 10.6 Å². The zero-order chi connectivity index (χ0) is 13.7. The summed E-state index contributed by atoms with van der Waals surface area (Å²) in [6, 6.07) is 3.77. The number of urea groups is 1. The van der Waals surface area contributed by atoms with E-state index in [0.29, 0.717) is 18.2 Å². The Morgan fingerprint density at radius 1 is 1.39 bits per heavy atom. The number of amides is 2. The fourth-order valence-corrected chi connectivity index (χ4v) is 1.44. The van der Waals surface area contributed by atoms with Gasteiger partial charge in [0.15, 0.2) is 0 Å². The Hall–Kier alpha value is -1.75. The van der Waals surface area contributed by atoms with Crippen LogP contribution in [0.1, 0.15) is 24.2 Å². The molecule has 1 rings (SSSR count). The minimum absolute atomic E-state index is 0.0770. The lowest BCUT2D eigenvalue weighted by Gasteiger charge is -2.10. The van der Waals surface area contributed by atoms with E-state index in [-0.39, 0.29) is 16.6 Å². The van der Waals surface area contributed by atoms with Crippen molar-refractivity contribution in [3.8, 4) is 0 Å². The van der Waals surface area contributed by atoms with Gasteiger partial charge < -0.3 is 15.7 Å². The highest BCUT2D eigenvalue weighted by molar-refractivity contribution is 6.34. The van der Waals surface area contributed by atoms with Gasteiger partial charge in [-0.2, -0.15) is 0 Å². The number of hydrogen-bond acceptors (Lipinski definition) is 2. The zero-order valence-corrected chi connectivity index (χ0v) is 10.9. The van der Waals surface area contributed by atoms with E-state index in [1.54, 1.807) is 0 Å². The number of carbonyl (C=O) groups is 2. The van der Waals surface area contributed by atoms with Gasteiger partial charge in [0.05, 0.1) is 16.3 Å². The van der Waals surface area contributed by atoms with Crippen LogP contribution in [0.2, 0.25) is 5.02 Å². The summed E-state index contributed by atoms with van der Waals surface area (Å²) in [7, 11) is 0. The number of benzene rings is 1. The van der Waals surface area contributed by atoms with Crippen molar-refractivity contribution in [2.75, 3.05) is 11.9 Å². The number of rotatable bonds is 4. The number of hydrogen-bond donors (Lipinski definition) is 3. The van der Waals surface area contributed by atoms with Crippen molar-refractivity contribution >= 4 is 29.3 Å². The lowest BCUT2D eigenvalue weighted by atomic mass is 10.2. The molecule has 2 amide bonds. The lowest BCUT2D eigenvalue weighted by molar-refractivity contribution is 0.0697. The molecule has 98 valence electrons. The molecule has 3 N–H and O–H groups in total. The molecule has 0 unspecified atom stereocenters. The maximum Gasteiger partial charge on any atom is 0.335 e. The van der Waals surface area contributed by atoms with Gasteiger partial charge in [-0.25, -0.2) is 9.59 Å². The van der Waals surface area contributed by atoms with Gasteiger partial charge in [0, 0.05) is 6.54 Å². The van der Waals surface area contributed by atoms with E-state index >= 15 is 0 Å². The van der Waals surface area contributed by atoms with Crippen LogP contribution in [-0.2, 0) is 0 Å². The third kappa shape index (κ3) is 4.25. The third-order valence-electron chi connectivity index (χ3n) is 2.14. The number of aromatic carboxylic acids is 1. The molecule has 0 heterocycles. The average Bonchev–Trinajstić information content (AvgIpc) is 2.29. The smallest absolute Gasteiger partial charge is 0.335 e. The van der Waals surface area contributed by atoms with Gasteiger partial charge >= 0.3 is 12.0 Å². The summed E-state index contributed by atoms with van der Waals surface area (Å²) < 4.78 is 0. The van der Waals surface area contributed by atoms with Gasteiger partial charge in [-0.1, -0.05) is 25.4 Å². The Labute approximate surface area is 110 Å². The summed E-state index contributed by atoms with van der Waals surface area (Å²) in [5.41, 5.74) is 0.455. The number of carboxylic acids is 1. The summed E-state index contributed by atoms with van der Waals surface area (Å²) in [5.74, 6) is -0.715. The number of carbonyl (C=O) groups excluding carboxylic acids is 1. The minimum atomic E-state index is -1.06. The molecule has 1 aromatic rings. The van der Waals surface area contributed by atoms with E-state index in [9.17, 15) is 9.59 Å². The van der Waals surface area contributed by atoms with Crippen molar-refractivity contribution in [3.63, 3.8) is 0 Å². The van der Waals surface area contributed by atoms with Gasteiger partial charge in [-0.15, -0.1) is 0 Å². The predicted octanol–water partition coefficient (Wildman–Crippen LogP) is 2.82. The van der Waals surface area contributed by atoms with E-state index in [1.807, 2.05) is 13.8 Å². The molecule has 0 saturated carbocycles. The van der Waals surface area contributed by atoms with Gasteiger partial charge in [0.25, 0.3) is 0 Å². The molecule has 0 aliphatic heterocycles. The number of nitrogens with one attached hydrogen (secondary N) is 2. The van der Waals surface area contributed by atoms with Crippen molar-refractivity contribution < 1.29 is 14.7 Å². The first-order valence-corrected chi connectivity index (χ1v) is 5.85. The van der Waals surface area contributed by atoms with Crippen LogP contribution in [0.5, 0.6) is 0 Å². The van der Waals surface area contributed by atoms with Crippen LogP contribution in [0, 0.1) is 5.92 Å². The summed E-state index contributed by atoms with van der Waals surface area (Å²) in [5, 5.41) is 14.2. The first-order valence-electron chi connectivity index (χ1n) is 5.48. The van der Waals surface area contributed by atoms with Crippen molar-refractivity contribution in [1.29, 1.82) is 0 Å². The molecule has 0 fully saturated rings. The van der Waals surface area contributed by atoms with Gasteiger partial charge in [-0.05, 0) is 24.1 Å². The topological polar surface area (TPSA) is 78.4 Å². The Morgan fingerprint density at radius 2 is 2.06 bits per heavy atom. The molecule has 0 aromatic heterocycles. The highest BCUT2D eigenvalue weighted by Crippen LogP contribution is 2.22. The van der Waals surface area contributed by atoms with Crippen LogP contribution >= 0.6 is 11.6 Å². The first-order chi connectivity index (χ1) is 8.40. The molecule has 18 heavy (non-hydrogen) atoms. The summed E-state index contributed by atoms with van der Waals surface area (Å²) in [6.07, 6.45) is 0. The molecular weight excluding hydrogens is 256 g/mol. The summed E-state index contributed by atoms with van der Waals surface area (Å²) in [6.45, 7) is 4.51.